The zero-order valence-corrected chi connectivity index (χ0v) is 11.1. The van der Waals surface area contributed by atoms with Gasteiger partial charge in [0.05, 0.1) is 10.5 Å². The number of hydrogen-bond acceptors (Lipinski definition) is 5. The second-order valence-electron chi connectivity index (χ2n) is 4.28. The molecule has 21 heavy (non-hydrogen) atoms. The first-order valence-corrected chi connectivity index (χ1v) is 6.08. The van der Waals surface area contributed by atoms with Gasteiger partial charge in [0.1, 0.15) is 6.10 Å². The van der Waals surface area contributed by atoms with Crippen LogP contribution in [0.25, 0.3) is 0 Å². The fraction of sp³-hybridized carbons (Fsp3) is 0.143. The molecular formula is C14H12N2O5. The van der Waals surface area contributed by atoms with Crippen molar-refractivity contribution in [2.75, 3.05) is 0 Å². The minimum atomic E-state index is -1.28. The van der Waals surface area contributed by atoms with Crippen molar-refractivity contribution in [1.82, 2.24) is 4.98 Å². The maximum Gasteiger partial charge on any atom is 0.337 e. The molecule has 0 bridgehead atoms. The topological polar surface area (TPSA) is 103 Å². The smallest absolute Gasteiger partial charge is 0.337 e. The lowest BCUT2D eigenvalue weighted by Gasteiger charge is -2.14. The number of carboxylic acids is 1. The summed E-state index contributed by atoms with van der Waals surface area (Å²) in [6.45, 7) is 1.73. The van der Waals surface area contributed by atoms with Gasteiger partial charge in [0.2, 0.25) is 0 Å². The molecule has 1 unspecified atom stereocenters. The summed E-state index contributed by atoms with van der Waals surface area (Å²) >= 11 is 0. The second kappa shape index (κ2) is 6.00. The fourth-order valence-corrected chi connectivity index (χ4v) is 1.74. The van der Waals surface area contributed by atoms with E-state index in [0.29, 0.717) is 0 Å². The van der Waals surface area contributed by atoms with Crippen LogP contribution in [-0.4, -0.2) is 21.0 Å². The van der Waals surface area contributed by atoms with Gasteiger partial charge in [-0.1, -0.05) is 30.3 Å². The monoisotopic (exact) mass is 288 g/mol. The zero-order valence-electron chi connectivity index (χ0n) is 11.1. The lowest BCUT2D eigenvalue weighted by Crippen LogP contribution is -2.08. The molecule has 0 aliphatic rings. The number of rotatable bonds is 5. The van der Waals surface area contributed by atoms with E-state index in [1.807, 2.05) is 30.3 Å². The van der Waals surface area contributed by atoms with Crippen LogP contribution in [0.1, 0.15) is 28.9 Å². The molecule has 108 valence electrons. The Hall–Kier alpha value is -2.96. The van der Waals surface area contributed by atoms with Crippen molar-refractivity contribution < 1.29 is 19.6 Å². The van der Waals surface area contributed by atoms with Crippen molar-refractivity contribution in [2.45, 2.75) is 13.0 Å². The molecule has 0 saturated heterocycles. The van der Waals surface area contributed by atoms with Crippen LogP contribution in [0.2, 0.25) is 0 Å². The third kappa shape index (κ3) is 3.33. The van der Waals surface area contributed by atoms with E-state index in [9.17, 15) is 14.9 Å². The Bertz CT molecular complexity index is 672. The molecule has 0 amide bonds. The van der Waals surface area contributed by atoms with Crippen molar-refractivity contribution >= 4 is 11.7 Å². The van der Waals surface area contributed by atoms with E-state index in [4.69, 9.17) is 9.84 Å². The predicted molar refractivity (Wildman–Crippen MR) is 73.3 cm³/mol. The molecule has 1 aromatic carbocycles. The van der Waals surface area contributed by atoms with Gasteiger partial charge in [0, 0.05) is 12.3 Å². The van der Waals surface area contributed by atoms with E-state index >= 15 is 0 Å². The van der Waals surface area contributed by atoms with Gasteiger partial charge >= 0.3 is 11.7 Å². The van der Waals surface area contributed by atoms with Gasteiger partial charge in [-0.2, -0.15) is 0 Å². The molecule has 1 atom stereocenters. The molecule has 2 aromatic rings. The largest absolute Gasteiger partial charge is 0.478 e. The Morgan fingerprint density at radius 3 is 2.62 bits per heavy atom. The fourth-order valence-electron chi connectivity index (χ4n) is 1.74. The number of nitrogens with zero attached hydrogens (tertiary/aromatic N) is 2. The average molecular weight is 288 g/mol. The first kappa shape index (κ1) is 14.4. The molecule has 1 heterocycles. The zero-order chi connectivity index (χ0) is 15.4. The van der Waals surface area contributed by atoms with Gasteiger partial charge in [-0.05, 0) is 12.5 Å². The van der Waals surface area contributed by atoms with Crippen LogP contribution < -0.4 is 4.74 Å². The van der Waals surface area contributed by atoms with E-state index in [0.717, 1.165) is 17.8 Å². The van der Waals surface area contributed by atoms with Crippen molar-refractivity contribution in [3.63, 3.8) is 0 Å². The highest BCUT2D eigenvalue weighted by atomic mass is 16.6. The summed E-state index contributed by atoms with van der Waals surface area (Å²) in [6, 6.07) is 10.1. The molecule has 2 rings (SSSR count). The Kier molecular flexibility index (Phi) is 4.13. The molecule has 0 spiro atoms. The number of aromatic nitrogens is 1. The van der Waals surface area contributed by atoms with Gasteiger partial charge in [-0.15, -0.1) is 0 Å². The minimum absolute atomic E-state index is 0.207. The van der Waals surface area contributed by atoms with Crippen LogP contribution in [0.5, 0.6) is 5.88 Å². The highest BCUT2D eigenvalue weighted by Gasteiger charge is 2.22. The van der Waals surface area contributed by atoms with Crippen molar-refractivity contribution in [3.8, 4) is 5.88 Å². The molecular weight excluding hydrogens is 276 g/mol. The summed E-state index contributed by atoms with van der Waals surface area (Å²) < 4.78 is 5.48. The lowest BCUT2D eigenvalue weighted by atomic mass is 10.1. The Labute approximate surface area is 120 Å². The number of nitro groups is 1. The number of hydrogen-bond donors (Lipinski definition) is 1. The van der Waals surface area contributed by atoms with Gasteiger partial charge in [0.25, 0.3) is 5.88 Å². The van der Waals surface area contributed by atoms with E-state index in [1.165, 1.54) is 0 Å². The Balaban J connectivity index is 2.31. The van der Waals surface area contributed by atoms with E-state index in [1.54, 1.807) is 6.92 Å². The highest BCUT2D eigenvalue weighted by molar-refractivity contribution is 5.88. The lowest BCUT2D eigenvalue weighted by molar-refractivity contribution is -0.386. The van der Waals surface area contributed by atoms with Crippen LogP contribution in [0, 0.1) is 10.1 Å². The predicted octanol–water partition coefficient (Wildman–Crippen LogP) is 2.83. The van der Waals surface area contributed by atoms with Crippen LogP contribution >= 0.6 is 0 Å². The average Bonchev–Trinajstić information content (AvgIpc) is 2.48. The number of benzene rings is 1. The molecule has 0 saturated carbocycles. The first-order valence-electron chi connectivity index (χ1n) is 6.08. The maximum atomic E-state index is 11.0. The van der Waals surface area contributed by atoms with Crippen LogP contribution in [0.15, 0.2) is 42.6 Å². The minimum Gasteiger partial charge on any atom is -0.478 e. The number of aromatic carboxylic acids is 1. The SMILES string of the molecule is CC(Oc1ncc(C(=O)O)cc1[N+](=O)[O-])c1ccccc1. The second-order valence-corrected chi connectivity index (χ2v) is 4.28. The normalized spacial score (nSPS) is 11.7. The van der Waals surface area contributed by atoms with E-state index in [2.05, 4.69) is 4.98 Å². The van der Waals surface area contributed by atoms with Gasteiger partial charge in [-0.25, -0.2) is 9.78 Å². The van der Waals surface area contributed by atoms with Gasteiger partial charge in [-0.3, -0.25) is 10.1 Å². The summed E-state index contributed by atoms with van der Waals surface area (Å²) in [5, 5.41) is 19.8. The first-order chi connectivity index (χ1) is 9.99. The Morgan fingerprint density at radius 2 is 2.05 bits per heavy atom. The number of ether oxygens (including phenoxy) is 1. The molecule has 0 aliphatic carbocycles. The highest BCUT2D eigenvalue weighted by Crippen LogP contribution is 2.29. The third-order valence-corrected chi connectivity index (χ3v) is 2.83. The van der Waals surface area contributed by atoms with Gasteiger partial charge < -0.3 is 9.84 Å². The molecule has 0 fully saturated rings. The van der Waals surface area contributed by atoms with Crippen molar-refractivity contribution in [2.24, 2.45) is 0 Å². The van der Waals surface area contributed by atoms with Gasteiger partial charge in [0.15, 0.2) is 0 Å². The maximum absolute atomic E-state index is 11.0. The summed E-state index contributed by atoms with van der Waals surface area (Å²) in [4.78, 5) is 24.9. The van der Waals surface area contributed by atoms with Crippen LogP contribution in [-0.2, 0) is 0 Å². The van der Waals surface area contributed by atoms with Crippen molar-refractivity contribution in [1.29, 1.82) is 0 Å². The van der Waals surface area contributed by atoms with E-state index < -0.39 is 22.7 Å². The van der Waals surface area contributed by atoms with Crippen LogP contribution in [0.3, 0.4) is 0 Å². The molecule has 0 aliphatic heterocycles. The standard InChI is InChI=1S/C14H12N2O5/c1-9(10-5-3-2-4-6-10)21-13-12(16(19)20)7-11(8-15-13)14(17)18/h2-9H,1H3,(H,17,18). The number of pyridine rings is 1. The summed E-state index contributed by atoms with van der Waals surface area (Å²) in [5.74, 6) is -1.49. The summed E-state index contributed by atoms with van der Waals surface area (Å²) in [7, 11) is 0. The Morgan fingerprint density at radius 1 is 1.38 bits per heavy atom. The van der Waals surface area contributed by atoms with E-state index in [-0.39, 0.29) is 11.4 Å². The summed E-state index contributed by atoms with van der Waals surface area (Å²) in [5.41, 5.74) is 0.0926. The molecule has 1 aromatic heterocycles. The number of carbonyl (C=O) groups is 1. The summed E-state index contributed by atoms with van der Waals surface area (Å²) in [6.07, 6.45) is 0.579. The molecule has 7 nitrogen and oxygen atoms in total. The molecule has 7 heteroatoms. The van der Waals surface area contributed by atoms with Crippen molar-refractivity contribution in [3.05, 3.63) is 63.8 Å². The van der Waals surface area contributed by atoms with Crippen LogP contribution in [0.4, 0.5) is 5.69 Å². The number of carboxylic acid groups (broad SMARTS) is 1. The molecule has 1 N–H and O–H groups in total. The molecule has 0 radical (unpaired) electrons. The third-order valence-electron chi connectivity index (χ3n) is 2.83. The quantitative estimate of drug-likeness (QED) is 0.670.